The summed E-state index contributed by atoms with van der Waals surface area (Å²) in [6, 6.07) is 3.65. The molecular formula is C11H16ClN3S. The summed E-state index contributed by atoms with van der Waals surface area (Å²) in [4.78, 5) is 6.87. The summed E-state index contributed by atoms with van der Waals surface area (Å²) in [6.45, 7) is 5.62. The zero-order chi connectivity index (χ0) is 12.1. The van der Waals surface area contributed by atoms with Crippen molar-refractivity contribution in [3.8, 4) is 0 Å². The van der Waals surface area contributed by atoms with E-state index in [1.54, 1.807) is 6.20 Å². The SMILES string of the molecule is CCN(CC(C)C(N)=S)c1ncccc1Cl. The molecule has 0 amide bonds. The molecule has 1 aromatic rings. The first-order valence-corrected chi connectivity index (χ1v) is 5.99. The fourth-order valence-electron chi connectivity index (χ4n) is 1.40. The second-order valence-corrected chi connectivity index (χ2v) is 4.53. The van der Waals surface area contributed by atoms with Crippen molar-refractivity contribution in [3.05, 3.63) is 23.4 Å². The molecule has 1 aromatic heterocycles. The average molecular weight is 258 g/mol. The van der Waals surface area contributed by atoms with Gasteiger partial charge < -0.3 is 10.6 Å². The fraction of sp³-hybridized carbons (Fsp3) is 0.455. The first kappa shape index (κ1) is 13.2. The number of anilines is 1. The Morgan fingerprint density at radius 1 is 1.69 bits per heavy atom. The molecule has 1 heterocycles. The van der Waals surface area contributed by atoms with E-state index in [1.165, 1.54) is 0 Å². The highest BCUT2D eigenvalue weighted by Crippen LogP contribution is 2.22. The van der Waals surface area contributed by atoms with Crippen molar-refractivity contribution in [1.29, 1.82) is 0 Å². The zero-order valence-electron chi connectivity index (χ0n) is 9.48. The summed E-state index contributed by atoms with van der Waals surface area (Å²) in [6.07, 6.45) is 1.73. The van der Waals surface area contributed by atoms with E-state index >= 15 is 0 Å². The van der Waals surface area contributed by atoms with Crippen LogP contribution in [0.15, 0.2) is 18.3 Å². The Morgan fingerprint density at radius 2 is 2.38 bits per heavy atom. The topological polar surface area (TPSA) is 42.1 Å². The maximum absolute atomic E-state index is 6.09. The number of halogens is 1. The van der Waals surface area contributed by atoms with Crippen LogP contribution in [-0.4, -0.2) is 23.1 Å². The molecule has 0 radical (unpaired) electrons. The lowest BCUT2D eigenvalue weighted by molar-refractivity contribution is 0.700. The van der Waals surface area contributed by atoms with Crippen molar-refractivity contribution in [3.63, 3.8) is 0 Å². The minimum atomic E-state index is 0.146. The van der Waals surface area contributed by atoms with Gasteiger partial charge in [-0.05, 0) is 19.1 Å². The van der Waals surface area contributed by atoms with Gasteiger partial charge in [0.2, 0.25) is 0 Å². The molecule has 2 N–H and O–H groups in total. The van der Waals surface area contributed by atoms with Crippen LogP contribution in [0.4, 0.5) is 5.82 Å². The number of rotatable bonds is 5. The van der Waals surface area contributed by atoms with Crippen LogP contribution in [0.3, 0.4) is 0 Å². The summed E-state index contributed by atoms with van der Waals surface area (Å²) < 4.78 is 0. The van der Waals surface area contributed by atoms with Crippen LogP contribution >= 0.6 is 23.8 Å². The van der Waals surface area contributed by atoms with E-state index in [1.807, 2.05) is 19.1 Å². The quantitative estimate of drug-likeness (QED) is 0.823. The number of nitrogens with two attached hydrogens (primary N) is 1. The summed E-state index contributed by atoms with van der Waals surface area (Å²) in [5.74, 6) is 0.933. The van der Waals surface area contributed by atoms with Gasteiger partial charge in [0.1, 0.15) is 5.82 Å². The molecule has 16 heavy (non-hydrogen) atoms. The fourth-order valence-corrected chi connectivity index (χ4v) is 1.71. The largest absolute Gasteiger partial charge is 0.393 e. The van der Waals surface area contributed by atoms with Gasteiger partial charge in [-0.2, -0.15) is 0 Å². The van der Waals surface area contributed by atoms with Crippen LogP contribution in [0.25, 0.3) is 0 Å². The van der Waals surface area contributed by atoms with Crippen molar-refractivity contribution >= 4 is 34.6 Å². The highest BCUT2D eigenvalue weighted by molar-refractivity contribution is 7.80. The van der Waals surface area contributed by atoms with Gasteiger partial charge in [-0.15, -0.1) is 0 Å². The minimum Gasteiger partial charge on any atom is -0.393 e. The van der Waals surface area contributed by atoms with Gasteiger partial charge in [-0.1, -0.05) is 30.7 Å². The van der Waals surface area contributed by atoms with Crippen molar-refractivity contribution in [2.45, 2.75) is 13.8 Å². The normalized spacial score (nSPS) is 12.2. The smallest absolute Gasteiger partial charge is 0.147 e. The van der Waals surface area contributed by atoms with Crippen LogP contribution in [0.1, 0.15) is 13.8 Å². The molecule has 0 aromatic carbocycles. The van der Waals surface area contributed by atoms with Crippen molar-refractivity contribution in [2.24, 2.45) is 11.7 Å². The Morgan fingerprint density at radius 3 is 2.88 bits per heavy atom. The van der Waals surface area contributed by atoms with Crippen molar-refractivity contribution < 1.29 is 0 Å². The number of hydrogen-bond donors (Lipinski definition) is 1. The number of nitrogens with zero attached hydrogens (tertiary/aromatic N) is 2. The third kappa shape index (κ3) is 3.32. The van der Waals surface area contributed by atoms with Crippen molar-refractivity contribution in [1.82, 2.24) is 4.98 Å². The molecule has 1 rings (SSSR count). The molecule has 0 aliphatic rings. The van der Waals surface area contributed by atoms with E-state index < -0.39 is 0 Å². The second-order valence-electron chi connectivity index (χ2n) is 3.65. The molecule has 0 aliphatic heterocycles. The van der Waals surface area contributed by atoms with Gasteiger partial charge in [0.05, 0.1) is 10.0 Å². The van der Waals surface area contributed by atoms with E-state index in [0.29, 0.717) is 10.0 Å². The van der Waals surface area contributed by atoms with E-state index in [-0.39, 0.29) is 5.92 Å². The Balaban J connectivity index is 2.83. The van der Waals surface area contributed by atoms with E-state index in [2.05, 4.69) is 16.8 Å². The molecule has 5 heteroatoms. The molecule has 0 spiro atoms. The van der Waals surface area contributed by atoms with Gasteiger partial charge in [-0.3, -0.25) is 0 Å². The summed E-state index contributed by atoms with van der Waals surface area (Å²) in [7, 11) is 0. The van der Waals surface area contributed by atoms with Gasteiger partial charge in [0.25, 0.3) is 0 Å². The maximum Gasteiger partial charge on any atom is 0.147 e. The lowest BCUT2D eigenvalue weighted by atomic mass is 10.1. The predicted molar refractivity (Wildman–Crippen MR) is 73.1 cm³/mol. The van der Waals surface area contributed by atoms with Gasteiger partial charge >= 0.3 is 0 Å². The minimum absolute atomic E-state index is 0.146. The Kier molecular flexibility index (Phi) is 4.96. The standard InChI is InChI=1S/C11H16ClN3S/c1-3-15(7-8(2)10(13)16)11-9(12)5-4-6-14-11/h4-6,8H,3,7H2,1-2H3,(H2,13,16). The lowest BCUT2D eigenvalue weighted by Gasteiger charge is -2.25. The first-order valence-electron chi connectivity index (χ1n) is 5.21. The summed E-state index contributed by atoms with van der Waals surface area (Å²) in [5.41, 5.74) is 5.61. The third-order valence-electron chi connectivity index (χ3n) is 2.40. The molecule has 0 bridgehead atoms. The molecule has 0 fully saturated rings. The molecule has 0 aliphatic carbocycles. The summed E-state index contributed by atoms with van der Waals surface area (Å²) in [5, 5.41) is 0.652. The van der Waals surface area contributed by atoms with Crippen LogP contribution in [0.5, 0.6) is 0 Å². The third-order valence-corrected chi connectivity index (χ3v) is 3.10. The first-order chi connectivity index (χ1) is 7.56. The number of aromatic nitrogens is 1. The highest BCUT2D eigenvalue weighted by atomic mass is 35.5. The molecule has 1 unspecified atom stereocenters. The Bertz CT molecular complexity index is 370. The van der Waals surface area contributed by atoms with Crippen molar-refractivity contribution in [2.75, 3.05) is 18.0 Å². The van der Waals surface area contributed by atoms with E-state index in [4.69, 9.17) is 29.6 Å². The van der Waals surface area contributed by atoms with Crippen LogP contribution in [0, 0.1) is 5.92 Å². The molecule has 3 nitrogen and oxygen atoms in total. The van der Waals surface area contributed by atoms with Crippen LogP contribution < -0.4 is 10.6 Å². The van der Waals surface area contributed by atoms with Gasteiger partial charge in [0.15, 0.2) is 0 Å². The molecule has 0 saturated carbocycles. The highest BCUT2D eigenvalue weighted by Gasteiger charge is 2.14. The van der Waals surface area contributed by atoms with E-state index in [9.17, 15) is 0 Å². The molecular weight excluding hydrogens is 242 g/mol. The second kappa shape index (κ2) is 6.01. The summed E-state index contributed by atoms with van der Waals surface area (Å²) >= 11 is 11.1. The molecule has 88 valence electrons. The monoisotopic (exact) mass is 257 g/mol. The Labute approximate surface area is 107 Å². The van der Waals surface area contributed by atoms with E-state index in [0.717, 1.165) is 18.9 Å². The number of pyridine rings is 1. The maximum atomic E-state index is 6.09. The van der Waals surface area contributed by atoms with Gasteiger partial charge in [-0.25, -0.2) is 4.98 Å². The Hall–Kier alpha value is -0.870. The number of hydrogen-bond acceptors (Lipinski definition) is 3. The lowest BCUT2D eigenvalue weighted by Crippen LogP contribution is -2.34. The molecule has 0 saturated heterocycles. The van der Waals surface area contributed by atoms with Crippen LogP contribution in [0.2, 0.25) is 5.02 Å². The van der Waals surface area contributed by atoms with Gasteiger partial charge in [0, 0.05) is 25.2 Å². The van der Waals surface area contributed by atoms with Crippen LogP contribution in [-0.2, 0) is 0 Å². The predicted octanol–water partition coefficient (Wildman–Crippen LogP) is 2.48. The zero-order valence-corrected chi connectivity index (χ0v) is 11.1. The average Bonchev–Trinajstić information content (AvgIpc) is 2.26. The number of thiocarbonyl (C=S) groups is 1. The molecule has 1 atom stereocenters.